The summed E-state index contributed by atoms with van der Waals surface area (Å²) < 4.78 is 1.98. The number of nitrogens with zero attached hydrogens (tertiary/aromatic N) is 2. The molecule has 0 bridgehead atoms. The molecule has 0 radical (unpaired) electrons. The molecule has 1 aliphatic rings. The van der Waals surface area contributed by atoms with E-state index in [1.807, 2.05) is 28.2 Å². The molecule has 1 saturated heterocycles. The fourth-order valence-corrected chi connectivity index (χ4v) is 5.62. The van der Waals surface area contributed by atoms with E-state index < -0.39 is 0 Å². The summed E-state index contributed by atoms with van der Waals surface area (Å²) in [6.07, 6.45) is 2.55. The number of hydrogen-bond donors (Lipinski definition) is 0. The summed E-state index contributed by atoms with van der Waals surface area (Å²) in [7, 11) is 0. The van der Waals surface area contributed by atoms with E-state index >= 15 is 0 Å². The van der Waals surface area contributed by atoms with Crippen LogP contribution in [0.5, 0.6) is 0 Å². The molecule has 1 aliphatic heterocycles. The van der Waals surface area contributed by atoms with Crippen molar-refractivity contribution in [2.24, 2.45) is 0 Å². The van der Waals surface area contributed by atoms with Gasteiger partial charge in [-0.25, -0.2) is 0 Å². The smallest absolute Gasteiger partial charge is 0.152 e. The van der Waals surface area contributed by atoms with Crippen molar-refractivity contribution < 1.29 is 4.79 Å². The Bertz CT molecular complexity index is 459. The zero-order valence-corrected chi connectivity index (χ0v) is 14.2. The molecule has 2 heterocycles. The number of aromatic nitrogens is 2. The van der Waals surface area contributed by atoms with E-state index in [2.05, 4.69) is 31.9 Å². The Morgan fingerprint density at radius 2 is 2.10 bits per heavy atom. The van der Waals surface area contributed by atoms with Crippen LogP contribution >= 0.6 is 23.5 Å². The van der Waals surface area contributed by atoms with Gasteiger partial charge in [0.1, 0.15) is 0 Å². The van der Waals surface area contributed by atoms with Crippen LogP contribution < -0.4 is 0 Å². The molecule has 1 fully saturated rings. The van der Waals surface area contributed by atoms with Crippen LogP contribution in [0.15, 0.2) is 6.07 Å². The van der Waals surface area contributed by atoms with Gasteiger partial charge in [-0.1, -0.05) is 13.8 Å². The van der Waals surface area contributed by atoms with Gasteiger partial charge in [-0.15, -0.1) is 11.8 Å². The van der Waals surface area contributed by atoms with Crippen molar-refractivity contribution in [2.75, 3.05) is 11.5 Å². The molecule has 0 aromatic carbocycles. The predicted molar refractivity (Wildman–Crippen MR) is 88.8 cm³/mol. The summed E-state index contributed by atoms with van der Waals surface area (Å²) in [4.78, 5) is 12.6. The first kappa shape index (κ1) is 16.0. The Morgan fingerprint density at radius 3 is 2.75 bits per heavy atom. The maximum Gasteiger partial charge on any atom is 0.152 e. The van der Waals surface area contributed by atoms with Gasteiger partial charge in [-0.05, 0) is 25.8 Å². The molecule has 3 nitrogen and oxygen atoms in total. The molecule has 5 heteroatoms. The molecule has 1 aromatic rings. The van der Waals surface area contributed by atoms with Crippen LogP contribution in [-0.2, 0) is 24.2 Å². The van der Waals surface area contributed by atoms with Crippen molar-refractivity contribution in [1.82, 2.24) is 9.78 Å². The van der Waals surface area contributed by atoms with E-state index in [0.29, 0.717) is 17.5 Å². The minimum absolute atomic E-state index is 0.170. The number of thioether (sulfide) groups is 2. The van der Waals surface area contributed by atoms with Gasteiger partial charge in [0, 0.05) is 35.4 Å². The lowest BCUT2D eigenvalue weighted by atomic mass is 10.1. The monoisotopic (exact) mass is 312 g/mol. The highest BCUT2D eigenvalue weighted by atomic mass is 32.2. The van der Waals surface area contributed by atoms with Crippen molar-refractivity contribution in [2.45, 2.75) is 57.1 Å². The molecule has 2 atom stereocenters. The molecular formula is C15H24N2OS2. The standard InChI is InChI=1S/C15H24N2OS2/c1-4-11-9-12(17(6-3)16-11)10-13(18)15-14(5-2)19-7-8-20-15/h9,14-15H,4-8,10H2,1-3H3. The molecule has 0 aliphatic carbocycles. The second kappa shape index (κ2) is 7.55. The Labute approximate surface area is 130 Å². The lowest BCUT2D eigenvalue weighted by Crippen LogP contribution is -2.34. The van der Waals surface area contributed by atoms with Gasteiger partial charge < -0.3 is 0 Å². The third kappa shape index (κ3) is 3.61. The van der Waals surface area contributed by atoms with Crippen LogP contribution in [-0.4, -0.2) is 37.6 Å². The quantitative estimate of drug-likeness (QED) is 0.808. The fraction of sp³-hybridized carbons (Fsp3) is 0.733. The maximum absolute atomic E-state index is 12.6. The van der Waals surface area contributed by atoms with E-state index in [0.717, 1.165) is 36.5 Å². The number of Topliss-reactive ketones (excluding diaryl/α,β-unsaturated/α-hetero) is 1. The maximum atomic E-state index is 12.6. The average Bonchev–Trinajstić information content (AvgIpc) is 2.89. The van der Waals surface area contributed by atoms with E-state index in [4.69, 9.17) is 0 Å². The molecule has 20 heavy (non-hydrogen) atoms. The number of carbonyl (C=O) groups excluding carboxylic acids is 1. The predicted octanol–water partition coefficient (Wildman–Crippen LogP) is 3.20. The molecule has 1 aromatic heterocycles. The van der Waals surface area contributed by atoms with Crippen molar-refractivity contribution in [3.63, 3.8) is 0 Å². The van der Waals surface area contributed by atoms with Gasteiger partial charge in [0.25, 0.3) is 0 Å². The van der Waals surface area contributed by atoms with Gasteiger partial charge in [-0.3, -0.25) is 9.48 Å². The minimum Gasteiger partial charge on any atom is -0.298 e. The summed E-state index contributed by atoms with van der Waals surface area (Å²) in [6, 6.07) is 2.10. The van der Waals surface area contributed by atoms with Crippen molar-refractivity contribution in [3.05, 3.63) is 17.5 Å². The number of rotatable bonds is 6. The largest absolute Gasteiger partial charge is 0.298 e. The minimum atomic E-state index is 0.170. The summed E-state index contributed by atoms with van der Waals surface area (Å²) in [5, 5.41) is 5.20. The molecule has 2 unspecified atom stereocenters. The van der Waals surface area contributed by atoms with E-state index in [1.165, 1.54) is 5.75 Å². The molecule has 0 N–H and O–H groups in total. The molecule has 0 spiro atoms. The van der Waals surface area contributed by atoms with E-state index in [1.54, 1.807) is 0 Å². The number of ketones is 1. The van der Waals surface area contributed by atoms with Gasteiger partial charge >= 0.3 is 0 Å². The first-order valence-corrected chi connectivity index (χ1v) is 9.60. The van der Waals surface area contributed by atoms with Crippen LogP contribution in [0.25, 0.3) is 0 Å². The lowest BCUT2D eigenvalue weighted by Gasteiger charge is -2.28. The average molecular weight is 313 g/mol. The van der Waals surface area contributed by atoms with Crippen molar-refractivity contribution in [3.8, 4) is 0 Å². The first-order valence-electron chi connectivity index (χ1n) is 7.51. The number of hydrogen-bond acceptors (Lipinski definition) is 4. The summed E-state index contributed by atoms with van der Waals surface area (Å²) in [5.74, 6) is 2.66. The number of aryl methyl sites for hydroxylation is 2. The van der Waals surface area contributed by atoms with Crippen LogP contribution in [0.2, 0.25) is 0 Å². The highest BCUT2D eigenvalue weighted by molar-refractivity contribution is 8.07. The molecule has 2 rings (SSSR count). The Kier molecular flexibility index (Phi) is 6.02. The zero-order valence-electron chi connectivity index (χ0n) is 12.6. The topological polar surface area (TPSA) is 34.9 Å². The van der Waals surface area contributed by atoms with Gasteiger partial charge in [0.2, 0.25) is 0 Å². The zero-order chi connectivity index (χ0) is 14.5. The Balaban J connectivity index is 2.08. The highest BCUT2D eigenvalue weighted by Gasteiger charge is 2.31. The molecule has 0 amide bonds. The number of carbonyl (C=O) groups is 1. The summed E-state index contributed by atoms with van der Waals surface area (Å²) in [6.45, 7) is 7.22. The van der Waals surface area contributed by atoms with Crippen LogP contribution in [0.1, 0.15) is 38.6 Å². The normalized spacial score (nSPS) is 22.9. The van der Waals surface area contributed by atoms with Gasteiger partial charge in [-0.2, -0.15) is 16.9 Å². The van der Waals surface area contributed by atoms with E-state index in [-0.39, 0.29) is 5.25 Å². The highest BCUT2D eigenvalue weighted by Crippen LogP contribution is 2.34. The summed E-state index contributed by atoms with van der Waals surface area (Å²) >= 11 is 3.81. The first-order chi connectivity index (χ1) is 9.69. The third-order valence-electron chi connectivity index (χ3n) is 3.70. The van der Waals surface area contributed by atoms with Crippen LogP contribution in [0.4, 0.5) is 0 Å². The summed E-state index contributed by atoms with van der Waals surface area (Å²) in [5.41, 5.74) is 2.17. The van der Waals surface area contributed by atoms with Gasteiger partial charge in [0.15, 0.2) is 5.78 Å². The lowest BCUT2D eigenvalue weighted by molar-refractivity contribution is -0.118. The fourth-order valence-electron chi connectivity index (χ4n) is 2.58. The second-order valence-electron chi connectivity index (χ2n) is 5.05. The Hall–Kier alpha value is -0.420. The van der Waals surface area contributed by atoms with Crippen molar-refractivity contribution >= 4 is 29.3 Å². The SMILES string of the molecule is CCc1cc(CC(=O)C2SCCSC2CC)n(CC)n1. The third-order valence-corrected chi connectivity index (χ3v) is 7.00. The van der Waals surface area contributed by atoms with Crippen LogP contribution in [0, 0.1) is 0 Å². The van der Waals surface area contributed by atoms with Crippen LogP contribution in [0.3, 0.4) is 0 Å². The van der Waals surface area contributed by atoms with Gasteiger partial charge in [0.05, 0.1) is 10.9 Å². The van der Waals surface area contributed by atoms with Crippen molar-refractivity contribution in [1.29, 1.82) is 0 Å². The Morgan fingerprint density at radius 1 is 1.35 bits per heavy atom. The second-order valence-corrected chi connectivity index (χ2v) is 7.64. The molecular weight excluding hydrogens is 288 g/mol. The molecule has 112 valence electrons. The molecule has 0 saturated carbocycles. The van der Waals surface area contributed by atoms with E-state index in [9.17, 15) is 4.79 Å².